The fourth-order valence-corrected chi connectivity index (χ4v) is 5.32. The maximum atomic E-state index is 14.2. The highest BCUT2D eigenvalue weighted by molar-refractivity contribution is 5.86. The summed E-state index contributed by atoms with van der Waals surface area (Å²) in [6, 6.07) is 14.6. The van der Waals surface area contributed by atoms with Gasteiger partial charge >= 0.3 is 0 Å². The van der Waals surface area contributed by atoms with Gasteiger partial charge < -0.3 is 24.6 Å². The van der Waals surface area contributed by atoms with E-state index in [1.807, 2.05) is 57.2 Å². The van der Waals surface area contributed by atoms with Crippen molar-refractivity contribution >= 4 is 17.5 Å². The van der Waals surface area contributed by atoms with E-state index in [0.29, 0.717) is 77.6 Å². The molecule has 3 heterocycles. The molecule has 2 saturated heterocycles. The molecule has 5 rings (SSSR count). The van der Waals surface area contributed by atoms with E-state index in [1.165, 1.54) is 6.07 Å². The van der Waals surface area contributed by atoms with Crippen LogP contribution < -0.4 is 15.0 Å². The standard InChI is InChI=1S/C29H35FN4O4/c30-24-9-2-3-10-25(24)33-14-16-34(17-15-33)27(35)21-32-18-20-38-29(22-32)12-6-5-8-23-7-1-4-11-26(23)37-19-13-31-28(29)36/h1-7,9-11H,8,12-22H2,(H,31,36)/b6-5+. The van der Waals surface area contributed by atoms with Crippen molar-refractivity contribution in [3.8, 4) is 5.75 Å². The van der Waals surface area contributed by atoms with Crippen LogP contribution in [0.1, 0.15) is 12.0 Å². The van der Waals surface area contributed by atoms with Crippen molar-refractivity contribution in [1.82, 2.24) is 15.1 Å². The number of nitrogens with one attached hydrogen (secondary N) is 1. The van der Waals surface area contributed by atoms with Crippen molar-refractivity contribution in [3.63, 3.8) is 0 Å². The summed E-state index contributed by atoms with van der Waals surface area (Å²) in [6.45, 7) is 4.47. The lowest BCUT2D eigenvalue weighted by molar-refractivity contribution is -0.162. The van der Waals surface area contributed by atoms with Gasteiger partial charge in [-0.25, -0.2) is 4.39 Å². The van der Waals surface area contributed by atoms with Crippen LogP contribution in [0.2, 0.25) is 0 Å². The van der Waals surface area contributed by atoms with E-state index >= 15 is 0 Å². The molecule has 0 aromatic heterocycles. The topological polar surface area (TPSA) is 74.3 Å². The second kappa shape index (κ2) is 12.0. The number of amides is 2. The molecule has 1 atom stereocenters. The average Bonchev–Trinajstić information content (AvgIpc) is 2.94. The molecule has 2 aromatic carbocycles. The largest absolute Gasteiger partial charge is 0.491 e. The molecule has 1 unspecified atom stereocenters. The van der Waals surface area contributed by atoms with Gasteiger partial charge in [0.2, 0.25) is 5.91 Å². The minimum atomic E-state index is -1.06. The fraction of sp³-hybridized carbons (Fsp3) is 0.448. The third kappa shape index (κ3) is 6.00. The molecule has 38 heavy (non-hydrogen) atoms. The summed E-state index contributed by atoms with van der Waals surface area (Å²) < 4.78 is 26.2. The summed E-state index contributed by atoms with van der Waals surface area (Å²) in [7, 11) is 0. The lowest BCUT2D eigenvalue weighted by atomic mass is 9.94. The van der Waals surface area contributed by atoms with Crippen LogP contribution in [0.4, 0.5) is 10.1 Å². The molecule has 0 radical (unpaired) electrons. The number of nitrogens with zero attached hydrogens (tertiary/aromatic N) is 3. The Morgan fingerprint density at radius 1 is 0.974 bits per heavy atom. The first-order chi connectivity index (χ1) is 18.5. The number of morpholine rings is 1. The maximum absolute atomic E-state index is 14.2. The van der Waals surface area contributed by atoms with Gasteiger partial charge in [0, 0.05) is 45.7 Å². The van der Waals surface area contributed by atoms with Gasteiger partial charge in [-0.2, -0.15) is 0 Å². The van der Waals surface area contributed by atoms with Gasteiger partial charge in [0.15, 0.2) is 5.60 Å². The minimum absolute atomic E-state index is 0.0179. The third-order valence-corrected chi connectivity index (χ3v) is 7.43. The number of halogens is 1. The predicted molar refractivity (Wildman–Crippen MR) is 143 cm³/mol. The number of ether oxygens (including phenoxy) is 2. The van der Waals surface area contributed by atoms with Crippen molar-refractivity contribution in [2.45, 2.75) is 18.4 Å². The highest BCUT2D eigenvalue weighted by Gasteiger charge is 2.43. The van der Waals surface area contributed by atoms with Crippen molar-refractivity contribution in [2.24, 2.45) is 0 Å². The fourth-order valence-electron chi connectivity index (χ4n) is 5.32. The Balaban J connectivity index is 1.20. The van der Waals surface area contributed by atoms with Crippen LogP contribution in [-0.4, -0.2) is 92.8 Å². The molecule has 2 aromatic rings. The normalized spacial score (nSPS) is 24.0. The number of para-hydroxylation sites is 2. The molecule has 2 amide bonds. The monoisotopic (exact) mass is 522 g/mol. The van der Waals surface area contributed by atoms with Gasteiger partial charge in [0.25, 0.3) is 5.91 Å². The summed E-state index contributed by atoms with van der Waals surface area (Å²) >= 11 is 0. The van der Waals surface area contributed by atoms with Crippen LogP contribution in [0.5, 0.6) is 5.75 Å². The number of hydrogen-bond acceptors (Lipinski definition) is 6. The molecule has 9 heteroatoms. The molecule has 3 aliphatic rings. The first kappa shape index (κ1) is 26.2. The van der Waals surface area contributed by atoms with Gasteiger partial charge in [-0.3, -0.25) is 14.5 Å². The lowest BCUT2D eigenvalue weighted by Crippen LogP contribution is -2.61. The SMILES string of the molecule is O=C(CN1CCOC2(C/C=C/Cc3ccccc3OCCNC2=O)C1)N1CCN(c2ccccc2F)CC1. The number of piperazine rings is 1. The molecule has 8 nitrogen and oxygen atoms in total. The highest BCUT2D eigenvalue weighted by Crippen LogP contribution is 2.26. The van der Waals surface area contributed by atoms with Crippen molar-refractivity contribution < 1.29 is 23.5 Å². The quantitative estimate of drug-likeness (QED) is 0.624. The number of allylic oxidation sites excluding steroid dienone is 1. The van der Waals surface area contributed by atoms with Crippen LogP contribution in [0.25, 0.3) is 0 Å². The number of fused-ring (bicyclic) bond motifs is 1. The Kier molecular flexibility index (Phi) is 8.24. The minimum Gasteiger partial charge on any atom is -0.491 e. The summed E-state index contributed by atoms with van der Waals surface area (Å²) in [5.74, 6) is 0.417. The second-order valence-corrected chi connectivity index (χ2v) is 9.96. The Labute approximate surface area is 223 Å². The summed E-state index contributed by atoms with van der Waals surface area (Å²) in [5, 5.41) is 2.97. The van der Waals surface area contributed by atoms with Gasteiger partial charge in [-0.1, -0.05) is 42.5 Å². The first-order valence-corrected chi connectivity index (χ1v) is 13.3. The lowest BCUT2D eigenvalue weighted by Gasteiger charge is -2.42. The van der Waals surface area contributed by atoms with E-state index in [0.717, 1.165) is 11.3 Å². The van der Waals surface area contributed by atoms with E-state index < -0.39 is 5.60 Å². The van der Waals surface area contributed by atoms with E-state index in [4.69, 9.17) is 9.47 Å². The van der Waals surface area contributed by atoms with Gasteiger partial charge in [-0.05, 0) is 30.2 Å². The second-order valence-electron chi connectivity index (χ2n) is 9.96. The number of benzene rings is 2. The van der Waals surface area contributed by atoms with E-state index in [9.17, 15) is 14.0 Å². The summed E-state index contributed by atoms with van der Waals surface area (Å²) in [6.07, 6.45) is 5.16. The van der Waals surface area contributed by atoms with Gasteiger partial charge in [0.05, 0.1) is 25.4 Å². The number of carbonyl (C=O) groups is 2. The van der Waals surface area contributed by atoms with Crippen LogP contribution in [-0.2, 0) is 20.7 Å². The first-order valence-electron chi connectivity index (χ1n) is 13.3. The molecular weight excluding hydrogens is 487 g/mol. The Hall–Kier alpha value is -3.43. The molecular formula is C29H35FN4O4. The van der Waals surface area contributed by atoms with Crippen LogP contribution in [0.3, 0.4) is 0 Å². The summed E-state index contributed by atoms with van der Waals surface area (Å²) in [4.78, 5) is 32.3. The third-order valence-electron chi connectivity index (χ3n) is 7.43. The van der Waals surface area contributed by atoms with E-state index in [1.54, 1.807) is 12.1 Å². The maximum Gasteiger partial charge on any atom is 0.254 e. The zero-order valence-electron chi connectivity index (χ0n) is 21.6. The summed E-state index contributed by atoms with van der Waals surface area (Å²) in [5.41, 5.74) is 0.610. The zero-order valence-corrected chi connectivity index (χ0v) is 21.6. The van der Waals surface area contributed by atoms with Crippen molar-refractivity contribution in [1.29, 1.82) is 0 Å². The Bertz CT molecular complexity index is 1170. The molecule has 202 valence electrons. The number of anilines is 1. The van der Waals surface area contributed by atoms with Crippen LogP contribution in [0, 0.1) is 5.82 Å². The van der Waals surface area contributed by atoms with Crippen molar-refractivity contribution in [2.75, 3.05) is 70.5 Å². The molecule has 2 fully saturated rings. The number of carbonyl (C=O) groups excluding carboxylic acids is 2. The van der Waals surface area contributed by atoms with E-state index in [2.05, 4.69) is 5.32 Å². The Morgan fingerprint density at radius 3 is 2.61 bits per heavy atom. The smallest absolute Gasteiger partial charge is 0.254 e. The van der Waals surface area contributed by atoms with E-state index in [-0.39, 0.29) is 24.2 Å². The predicted octanol–water partition coefficient (Wildman–Crippen LogP) is 2.24. The average molecular weight is 523 g/mol. The molecule has 0 saturated carbocycles. The number of hydrogen-bond donors (Lipinski definition) is 1. The van der Waals surface area contributed by atoms with Crippen LogP contribution >= 0.6 is 0 Å². The number of rotatable bonds is 3. The molecule has 1 N–H and O–H groups in total. The molecule has 3 aliphatic heterocycles. The molecule has 0 aliphatic carbocycles. The molecule has 0 bridgehead atoms. The van der Waals surface area contributed by atoms with Crippen molar-refractivity contribution in [3.05, 3.63) is 72.1 Å². The molecule has 1 spiro atoms. The van der Waals surface area contributed by atoms with Gasteiger partial charge in [-0.15, -0.1) is 0 Å². The van der Waals surface area contributed by atoms with Gasteiger partial charge in [0.1, 0.15) is 18.2 Å². The Morgan fingerprint density at radius 2 is 1.76 bits per heavy atom. The van der Waals surface area contributed by atoms with Crippen LogP contribution in [0.15, 0.2) is 60.7 Å². The zero-order chi connectivity index (χ0) is 26.4. The highest BCUT2D eigenvalue weighted by atomic mass is 19.1.